The van der Waals surface area contributed by atoms with Crippen LogP contribution in [0.25, 0.3) is 16.7 Å². The standard InChI is InChI=1S/C14H13N5O2/c1-9-16-6-10(7-17-9)19-12-5-3-2-4-11(12)18(14(19)21)8-13(15)20/h2-7H,8H2,1H3,(H2,15,20). The first kappa shape index (κ1) is 13.0. The molecule has 0 bridgehead atoms. The Morgan fingerprint density at radius 3 is 2.43 bits per heavy atom. The Balaban J connectivity index is 2.32. The molecule has 0 aliphatic heterocycles. The van der Waals surface area contributed by atoms with Gasteiger partial charge in [0.15, 0.2) is 0 Å². The largest absolute Gasteiger partial charge is 0.368 e. The molecular formula is C14H13N5O2. The van der Waals surface area contributed by atoms with Gasteiger partial charge in [0.25, 0.3) is 0 Å². The van der Waals surface area contributed by atoms with Crippen molar-refractivity contribution in [1.82, 2.24) is 19.1 Å². The summed E-state index contributed by atoms with van der Waals surface area (Å²) < 4.78 is 2.81. The van der Waals surface area contributed by atoms with E-state index >= 15 is 0 Å². The van der Waals surface area contributed by atoms with E-state index < -0.39 is 5.91 Å². The molecule has 3 aromatic rings. The number of nitrogens with zero attached hydrogens (tertiary/aromatic N) is 4. The Labute approximate surface area is 119 Å². The van der Waals surface area contributed by atoms with Crippen molar-refractivity contribution >= 4 is 16.9 Å². The van der Waals surface area contributed by atoms with Crippen LogP contribution in [-0.4, -0.2) is 25.0 Å². The SMILES string of the molecule is Cc1ncc(-n2c(=O)n(CC(N)=O)c3ccccc32)cn1. The summed E-state index contributed by atoms with van der Waals surface area (Å²) in [7, 11) is 0. The third kappa shape index (κ3) is 2.18. The average molecular weight is 283 g/mol. The molecule has 0 unspecified atom stereocenters. The molecule has 0 spiro atoms. The molecule has 0 aliphatic carbocycles. The van der Waals surface area contributed by atoms with Gasteiger partial charge in [-0.3, -0.25) is 13.9 Å². The van der Waals surface area contributed by atoms with Crippen LogP contribution < -0.4 is 11.4 Å². The van der Waals surface area contributed by atoms with Crippen molar-refractivity contribution in [3.05, 3.63) is 53.0 Å². The molecule has 106 valence electrons. The molecule has 0 fully saturated rings. The van der Waals surface area contributed by atoms with E-state index in [1.807, 2.05) is 6.07 Å². The molecule has 7 nitrogen and oxygen atoms in total. The summed E-state index contributed by atoms with van der Waals surface area (Å²) in [6.07, 6.45) is 3.15. The molecule has 2 N–H and O–H groups in total. The highest BCUT2D eigenvalue weighted by Gasteiger charge is 2.15. The maximum absolute atomic E-state index is 12.6. The Bertz CT molecular complexity index is 877. The number of aromatic nitrogens is 4. The highest BCUT2D eigenvalue weighted by Crippen LogP contribution is 2.16. The van der Waals surface area contributed by atoms with Crippen molar-refractivity contribution in [3.63, 3.8) is 0 Å². The number of nitrogens with two attached hydrogens (primary N) is 1. The van der Waals surface area contributed by atoms with Gasteiger partial charge in [-0.1, -0.05) is 12.1 Å². The lowest BCUT2D eigenvalue weighted by Gasteiger charge is -2.02. The Hall–Kier alpha value is -2.96. The van der Waals surface area contributed by atoms with Crippen LogP contribution in [-0.2, 0) is 11.3 Å². The van der Waals surface area contributed by atoms with E-state index in [0.717, 1.165) is 0 Å². The molecule has 0 radical (unpaired) electrons. The number of benzene rings is 1. The quantitative estimate of drug-likeness (QED) is 0.751. The third-order valence-corrected chi connectivity index (χ3v) is 3.18. The number of carbonyl (C=O) groups excluding carboxylic acids is 1. The lowest BCUT2D eigenvalue weighted by molar-refractivity contribution is -0.118. The van der Waals surface area contributed by atoms with Crippen LogP contribution in [0.15, 0.2) is 41.5 Å². The normalized spacial score (nSPS) is 10.9. The van der Waals surface area contributed by atoms with Crippen LogP contribution in [0.4, 0.5) is 0 Å². The summed E-state index contributed by atoms with van der Waals surface area (Å²) in [6.45, 7) is 1.60. The molecule has 0 atom stereocenters. The number of amides is 1. The first-order valence-corrected chi connectivity index (χ1v) is 6.35. The summed E-state index contributed by atoms with van der Waals surface area (Å²) in [4.78, 5) is 32.0. The number of primary amides is 1. The molecule has 7 heteroatoms. The van der Waals surface area contributed by atoms with E-state index in [9.17, 15) is 9.59 Å². The lowest BCUT2D eigenvalue weighted by atomic mass is 10.3. The molecule has 1 amide bonds. The van der Waals surface area contributed by atoms with Gasteiger partial charge in [0.2, 0.25) is 5.91 Å². The maximum atomic E-state index is 12.6. The van der Waals surface area contributed by atoms with Crippen molar-refractivity contribution in [2.24, 2.45) is 5.73 Å². The van der Waals surface area contributed by atoms with Gasteiger partial charge in [-0.25, -0.2) is 14.8 Å². The first-order chi connectivity index (χ1) is 10.1. The Morgan fingerprint density at radius 2 is 1.81 bits per heavy atom. The molecule has 2 aromatic heterocycles. The van der Waals surface area contributed by atoms with Crippen LogP contribution in [0.1, 0.15) is 5.82 Å². The fraction of sp³-hybridized carbons (Fsp3) is 0.143. The van der Waals surface area contributed by atoms with Gasteiger partial charge in [0.1, 0.15) is 12.4 Å². The second kappa shape index (κ2) is 4.86. The van der Waals surface area contributed by atoms with E-state index in [1.165, 1.54) is 9.13 Å². The summed E-state index contributed by atoms with van der Waals surface area (Å²) in [5.41, 5.74) is 6.74. The smallest absolute Gasteiger partial charge is 0.334 e. The van der Waals surface area contributed by atoms with Crippen LogP contribution in [0.3, 0.4) is 0 Å². The molecule has 0 saturated heterocycles. The molecule has 0 aliphatic rings. The van der Waals surface area contributed by atoms with Gasteiger partial charge >= 0.3 is 5.69 Å². The van der Waals surface area contributed by atoms with Crippen molar-refractivity contribution < 1.29 is 4.79 Å². The van der Waals surface area contributed by atoms with E-state index in [0.29, 0.717) is 22.5 Å². The second-order valence-electron chi connectivity index (χ2n) is 4.65. The maximum Gasteiger partial charge on any atom is 0.334 e. The predicted octanol–water partition coefficient (Wildman–Crippen LogP) is 0.376. The van der Waals surface area contributed by atoms with Gasteiger partial charge in [-0.15, -0.1) is 0 Å². The Morgan fingerprint density at radius 1 is 1.19 bits per heavy atom. The highest BCUT2D eigenvalue weighted by molar-refractivity contribution is 5.81. The van der Waals surface area contributed by atoms with E-state index in [1.54, 1.807) is 37.5 Å². The van der Waals surface area contributed by atoms with Gasteiger partial charge in [-0.2, -0.15) is 0 Å². The minimum atomic E-state index is -0.569. The fourth-order valence-electron chi connectivity index (χ4n) is 2.27. The molecule has 2 heterocycles. The van der Waals surface area contributed by atoms with Gasteiger partial charge in [0, 0.05) is 0 Å². The average Bonchev–Trinajstić information content (AvgIpc) is 2.73. The molecule has 3 rings (SSSR count). The molecule has 1 aromatic carbocycles. The van der Waals surface area contributed by atoms with Gasteiger partial charge < -0.3 is 5.73 Å². The van der Waals surface area contributed by atoms with Crippen LogP contribution in [0.5, 0.6) is 0 Å². The number of hydrogen-bond acceptors (Lipinski definition) is 4. The number of aryl methyl sites for hydroxylation is 1. The predicted molar refractivity (Wildman–Crippen MR) is 77.1 cm³/mol. The van der Waals surface area contributed by atoms with E-state index in [4.69, 9.17) is 5.73 Å². The minimum absolute atomic E-state index is 0.168. The van der Waals surface area contributed by atoms with Crippen molar-refractivity contribution in [1.29, 1.82) is 0 Å². The Kier molecular flexibility index (Phi) is 3.02. The zero-order chi connectivity index (χ0) is 15.0. The lowest BCUT2D eigenvalue weighted by Crippen LogP contribution is -2.29. The van der Waals surface area contributed by atoms with E-state index in [-0.39, 0.29) is 12.2 Å². The van der Waals surface area contributed by atoms with Crippen LogP contribution in [0, 0.1) is 6.92 Å². The fourth-order valence-corrected chi connectivity index (χ4v) is 2.27. The monoisotopic (exact) mass is 283 g/mol. The highest BCUT2D eigenvalue weighted by atomic mass is 16.2. The van der Waals surface area contributed by atoms with E-state index in [2.05, 4.69) is 9.97 Å². The topological polar surface area (TPSA) is 95.8 Å². The number of carbonyl (C=O) groups is 1. The number of rotatable bonds is 3. The first-order valence-electron chi connectivity index (χ1n) is 6.35. The minimum Gasteiger partial charge on any atom is -0.368 e. The summed E-state index contributed by atoms with van der Waals surface area (Å²) in [5, 5.41) is 0. The summed E-state index contributed by atoms with van der Waals surface area (Å²) in [5.74, 6) is 0.0489. The molecule has 21 heavy (non-hydrogen) atoms. The van der Waals surface area contributed by atoms with Gasteiger partial charge in [0.05, 0.1) is 29.1 Å². The zero-order valence-corrected chi connectivity index (χ0v) is 11.4. The number of hydrogen-bond donors (Lipinski definition) is 1. The van der Waals surface area contributed by atoms with Crippen LogP contribution in [0.2, 0.25) is 0 Å². The van der Waals surface area contributed by atoms with Crippen molar-refractivity contribution in [3.8, 4) is 5.69 Å². The summed E-state index contributed by atoms with van der Waals surface area (Å²) >= 11 is 0. The zero-order valence-electron chi connectivity index (χ0n) is 11.4. The summed E-state index contributed by atoms with van der Waals surface area (Å²) in [6, 6.07) is 7.19. The third-order valence-electron chi connectivity index (χ3n) is 3.18. The van der Waals surface area contributed by atoms with Crippen LogP contribution >= 0.6 is 0 Å². The number of fused-ring (bicyclic) bond motifs is 1. The second-order valence-corrected chi connectivity index (χ2v) is 4.65. The van der Waals surface area contributed by atoms with Gasteiger partial charge in [-0.05, 0) is 19.1 Å². The molecule has 0 saturated carbocycles. The van der Waals surface area contributed by atoms with Crippen molar-refractivity contribution in [2.75, 3.05) is 0 Å². The molecular weight excluding hydrogens is 270 g/mol. The number of para-hydroxylation sites is 2. The number of imidazole rings is 1. The van der Waals surface area contributed by atoms with Crippen molar-refractivity contribution in [2.45, 2.75) is 13.5 Å².